The smallest absolute Gasteiger partial charge is 0.275 e. The molecule has 8 heteroatoms. The molecule has 0 fully saturated rings. The molecule has 0 aliphatic carbocycles. The zero-order valence-electron chi connectivity index (χ0n) is 14.9. The molecule has 1 N–H and O–H groups in total. The normalized spacial score (nSPS) is 12.3. The third kappa shape index (κ3) is 4.03. The topological polar surface area (TPSA) is 88.7 Å². The number of amides is 1. The van der Waals surface area contributed by atoms with Gasteiger partial charge in [-0.05, 0) is 32.4 Å². The number of nitrogens with zero attached hydrogens (tertiary/aromatic N) is 3. The summed E-state index contributed by atoms with van der Waals surface area (Å²) in [6.45, 7) is 3.99. The van der Waals surface area contributed by atoms with E-state index >= 15 is 0 Å². The van der Waals surface area contributed by atoms with E-state index in [1.54, 1.807) is 18.4 Å². The van der Waals surface area contributed by atoms with Gasteiger partial charge in [0.2, 0.25) is 5.89 Å². The summed E-state index contributed by atoms with van der Waals surface area (Å²) in [5.74, 6) is 0.744. The Morgan fingerprint density at radius 1 is 1.42 bits per heavy atom. The van der Waals surface area contributed by atoms with Gasteiger partial charge in [-0.25, -0.2) is 9.97 Å². The second-order valence-corrected chi connectivity index (χ2v) is 7.29. The number of carbonyl (C=O) groups is 1. The van der Waals surface area contributed by atoms with Crippen molar-refractivity contribution < 1.29 is 19.1 Å². The molecule has 3 aromatic rings. The maximum atomic E-state index is 12.4. The number of aliphatic hydroxyl groups is 1. The standard InChI is InChI=1S/C18H21N3O4S/c1-11(6-7-22)21(3)18(23)15-9-25-17(20-15)10-24-13-4-5-16-14(8-13)19-12(2)26-16/h4-5,8-9,11,22H,6-7,10H2,1-3H3. The van der Waals surface area contributed by atoms with E-state index in [0.717, 1.165) is 15.2 Å². The average molecular weight is 375 g/mol. The van der Waals surface area contributed by atoms with Crippen LogP contribution in [0, 0.1) is 6.92 Å². The van der Waals surface area contributed by atoms with Crippen LogP contribution in [0.15, 0.2) is 28.9 Å². The van der Waals surface area contributed by atoms with E-state index in [2.05, 4.69) is 9.97 Å². The van der Waals surface area contributed by atoms with Crippen LogP contribution in [0.1, 0.15) is 34.7 Å². The fraction of sp³-hybridized carbons (Fsp3) is 0.389. The second kappa shape index (κ2) is 7.84. The molecule has 138 valence electrons. The molecule has 26 heavy (non-hydrogen) atoms. The lowest BCUT2D eigenvalue weighted by molar-refractivity contribution is 0.0716. The molecule has 0 saturated heterocycles. The molecule has 1 atom stereocenters. The Morgan fingerprint density at radius 2 is 2.23 bits per heavy atom. The van der Waals surface area contributed by atoms with Crippen LogP contribution in [-0.4, -0.2) is 45.6 Å². The monoisotopic (exact) mass is 375 g/mol. The molecule has 0 bridgehead atoms. The molecule has 7 nitrogen and oxygen atoms in total. The number of aliphatic hydroxyl groups excluding tert-OH is 1. The lowest BCUT2D eigenvalue weighted by atomic mass is 10.2. The van der Waals surface area contributed by atoms with Crippen molar-refractivity contribution in [2.45, 2.75) is 32.9 Å². The molecule has 1 amide bonds. The van der Waals surface area contributed by atoms with E-state index in [1.165, 1.54) is 11.2 Å². The van der Waals surface area contributed by atoms with Gasteiger partial charge < -0.3 is 19.2 Å². The Labute approximate surface area is 155 Å². The van der Waals surface area contributed by atoms with Gasteiger partial charge in [0.05, 0.1) is 15.2 Å². The van der Waals surface area contributed by atoms with Crippen molar-refractivity contribution in [2.75, 3.05) is 13.7 Å². The Hall–Kier alpha value is -2.45. The summed E-state index contributed by atoms with van der Waals surface area (Å²) < 4.78 is 12.2. The fourth-order valence-corrected chi connectivity index (χ4v) is 3.30. The van der Waals surface area contributed by atoms with Crippen molar-refractivity contribution in [3.63, 3.8) is 0 Å². The SMILES string of the molecule is Cc1nc2cc(OCc3nc(C(=O)N(C)C(C)CCO)co3)ccc2s1. The van der Waals surface area contributed by atoms with Crippen LogP contribution in [0.3, 0.4) is 0 Å². The quantitative estimate of drug-likeness (QED) is 0.683. The number of carbonyl (C=O) groups excluding carboxylic acids is 1. The number of aromatic nitrogens is 2. The lowest BCUT2D eigenvalue weighted by Gasteiger charge is -2.23. The maximum Gasteiger partial charge on any atom is 0.275 e. The molecule has 0 aliphatic heterocycles. The van der Waals surface area contributed by atoms with Gasteiger partial charge in [-0.3, -0.25) is 4.79 Å². The molecule has 3 rings (SSSR count). The summed E-state index contributed by atoms with van der Waals surface area (Å²) in [5, 5.41) is 10.0. The van der Waals surface area contributed by atoms with Gasteiger partial charge in [-0.1, -0.05) is 0 Å². The number of aryl methyl sites for hydroxylation is 1. The number of ether oxygens (including phenoxy) is 1. The molecule has 0 aliphatic rings. The fourth-order valence-electron chi connectivity index (χ4n) is 2.49. The molecule has 0 saturated carbocycles. The van der Waals surface area contributed by atoms with Crippen molar-refractivity contribution in [3.8, 4) is 5.75 Å². The van der Waals surface area contributed by atoms with Crippen LogP contribution in [0.4, 0.5) is 0 Å². The zero-order chi connectivity index (χ0) is 18.7. The summed E-state index contributed by atoms with van der Waals surface area (Å²) in [6.07, 6.45) is 1.84. The molecule has 2 heterocycles. The number of thiazole rings is 1. The zero-order valence-corrected chi connectivity index (χ0v) is 15.7. The van der Waals surface area contributed by atoms with Gasteiger partial charge in [0.15, 0.2) is 12.3 Å². The molecule has 1 unspecified atom stereocenters. The number of rotatable bonds is 7. The van der Waals surface area contributed by atoms with E-state index in [9.17, 15) is 4.79 Å². The number of benzene rings is 1. The first-order chi connectivity index (χ1) is 12.5. The second-order valence-electron chi connectivity index (χ2n) is 6.05. The average Bonchev–Trinajstić information content (AvgIpc) is 3.23. The van der Waals surface area contributed by atoms with E-state index in [0.29, 0.717) is 18.1 Å². The molecular weight excluding hydrogens is 354 g/mol. The van der Waals surface area contributed by atoms with Crippen molar-refractivity contribution in [1.82, 2.24) is 14.9 Å². The maximum absolute atomic E-state index is 12.4. The Kier molecular flexibility index (Phi) is 5.53. The molecule has 0 spiro atoms. The van der Waals surface area contributed by atoms with Gasteiger partial charge in [0.25, 0.3) is 5.91 Å². The van der Waals surface area contributed by atoms with Crippen molar-refractivity contribution in [1.29, 1.82) is 0 Å². The van der Waals surface area contributed by atoms with Gasteiger partial charge in [0.1, 0.15) is 12.0 Å². The van der Waals surface area contributed by atoms with Crippen LogP contribution >= 0.6 is 11.3 Å². The largest absolute Gasteiger partial charge is 0.484 e. The van der Waals surface area contributed by atoms with E-state index in [1.807, 2.05) is 32.0 Å². The highest BCUT2D eigenvalue weighted by atomic mass is 32.1. The van der Waals surface area contributed by atoms with Gasteiger partial charge >= 0.3 is 0 Å². The van der Waals surface area contributed by atoms with Crippen LogP contribution in [0.5, 0.6) is 5.75 Å². The summed E-state index contributed by atoms with van der Waals surface area (Å²) >= 11 is 1.63. The third-order valence-electron chi connectivity index (χ3n) is 4.13. The predicted molar refractivity (Wildman–Crippen MR) is 98.5 cm³/mol. The first-order valence-corrected chi connectivity index (χ1v) is 9.12. The summed E-state index contributed by atoms with van der Waals surface area (Å²) in [4.78, 5) is 22.5. The van der Waals surface area contributed by atoms with Crippen LogP contribution in [0.2, 0.25) is 0 Å². The minimum Gasteiger partial charge on any atom is -0.484 e. The minimum atomic E-state index is -0.250. The number of hydrogen-bond donors (Lipinski definition) is 1. The summed E-state index contributed by atoms with van der Waals surface area (Å²) in [7, 11) is 1.68. The molecule has 2 aromatic heterocycles. The molecular formula is C18H21N3O4S. The Balaban J connectivity index is 1.63. The van der Waals surface area contributed by atoms with Gasteiger partial charge in [-0.15, -0.1) is 11.3 Å². The van der Waals surface area contributed by atoms with E-state index in [-0.39, 0.29) is 30.9 Å². The Morgan fingerprint density at radius 3 is 3.00 bits per heavy atom. The van der Waals surface area contributed by atoms with Crippen molar-refractivity contribution in [2.24, 2.45) is 0 Å². The van der Waals surface area contributed by atoms with Crippen molar-refractivity contribution in [3.05, 3.63) is 41.1 Å². The van der Waals surface area contributed by atoms with E-state index in [4.69, 9.17) is 14.3 Å². The highest BCUT2D eigenvalue weighted by Gasteiger charge is 2.20. The first kappa shape index (κ1) is 18.3. The third-order valence-corrected chi connectivity index (χ3v) is 5.08. The lowest BCUT2D eigenvalue weighted by Crippen LogP contribution is -2.35. The van der Waals surface area contributed by atoms with E-state index < -0.39 is 0 Å². The first-order valence-electron chi connectivity index (χ1n) is 8.30. The van der Waals surface area contributed by atoms with Crippen LogP contribution in [-0.2, 0) is 6.61 Å². The van der Waals surface area contributed by atoms with Gasteiger partial charge in [0, 0.05) is 25.8 Å². The number of fused-ring (bicyclic) bond motifs is 1. The number of oxazole rings is 1. The highest BCUT2D eigenvalue weighted by Crippen LogP contribution is 2.26. The van der Waals surface area contributed by atoms with Crippen LogP contribution < -0.4 is 4.74 Å². The summed E-state index contributed by atoms with van der Waals surface area (Å²) in [6, 6.07) is 5.63. The van der Waals surface area contributed by atoms with Crippen LogP contribution in [0.25, 0.3) is 10.2 Å². The molecule has 0 radical (unpaired) electrons. The minimum absolute atomic E-state index is 0.0273. The molecule has 1 aromatic carbocycles. The number of hydrogen-bond acceptors (Lipinski definition) is 7. The van der Waals surface area contributed by atoms with Crippen molar-refractivity contribution >= 4 is 27.5 Å². The summed E-state index contributed by atoms with van der Waals surface area (Å²) in [5.41, 5.74) is 1.12. The highest BCUT2D eigenvalue weighted by molar-refractivity contribution is 7.18. The van der Waals surface area contributed by atoms with Gasteiger partial charge in [-0.2, -0.15) is 0 Å². The Bertz CT molecular complexity index is 905. The predicted octanol–water partition coefficient (Wildman–Crippen LogP) is 3.01.